The number of nitrogens with zero attached hydrogens (tertiary/aromatic N) is 1. The molecule has 0 saturated heterocycles. The van der Waals surface area contributed by atoms with E-state index in [1.165, 1.54) is 0 Å². The third-order valence-corrected chi connectivity index (χ3v) is 3.15. The summed E-state index contributed by atoms with van der Waals surface area (Å²) in [5.41, 5.74) is 7.42. The number of aryl methyl sites for hydroxylation is 1. The highest BCUT2D eigenvalue weighted by Gasteiger charge is 2.15. The van der Waals surface area contributed by atoms with Crippen LogP contribution in [0.1, 0.15) is 18.9 Å². The van der Waals surface area contributed by atoms with Gasteiger partial charge in [0, 0.05) is 5.70 Å². The molecule has 5 heteroatoms. The maximum Gasteiger partial charge on any atom is 0.347 e. The molecule has 0 saturated carbocycles. The second-order valence-corrected chi connectivity index (χ2v) is 4.55. The van der Waals surface area contributed by atoms with Crippen LogP contribution in [-0.2, 0) is 16.0 Å². The Balaban J connectivity index is 2.74. The van der Waals surface area contributed by atoms with Crippen molar-refractivity contribution in [2.45, 2.75) is 19.8 Å². The number of allylic oxidation sites excluding steroid dienone is 1. The van der Waals surface area contributed by atoms with E-state index in [1.54, 1.807) is 6.92 Å². The SMILES string of the molecule is CCOC(=O)/C(SC#N)=C(\N)CCc1ccccc1. The van der Waals surface area contributed by atoms with Crippen molar-refractivity contribution >= 4 is 17.7 Å². The lowest BCUT2D eigenvalue weighted by molar-refractivity contribution is -0.137. The fourth-order valence-corrected chi connectivity index (χ4v) is 1.98. The molecule has 0 unspecified atom stereocenters. The van der Waals surface area contributed by atoms with E-state index < -0.39 is 5.97 Å². The minimum absolute atomic E-state index is 0.195. The molecular formula is C14H16N2O2S. The van der Waals surface area contributed by atoms with E-state index in [-0.39, 0.29) is 11.5 Å². The Morgan fingerprint density at radius 1 is 1.42 bits per heavy atom. The van der Waals surface area contributed by atoms with Gasteiger partial charge in [0.2, 0.25) is 0 Å². The van der Waals surface area contributed by atoms with Gasteiger partial charge in [-0.15, -0.1) is 0 Å². The molecule has 1 rings (SSSR count). The quantitative estimate of drug-likeness (QED) is 0.491. The summed E-state index contributed by atoms with van der Waals surface area (Å²) in [5.74, 6) is -0.528. The summed E-state index contributed by atoms with van der Waals surface area (Å²) in [6.07, 6.45) is 1.24. The Morgan fingerprint density at radius 3 is 2.68 bits per heavy atom. The summed E-state index contributed by atoms with van der Waals surface area (Å²) in [7, 11) is 0. The average Bonchev–Trinajstić information content (AvgIpc) is 2.43. The van der Waals surface area contributed by atoms with Gasteiger partial charge in [-0.1, -0.05) is 30.3 Å². The standard InChI is InChI=1S/C14H16N2O2S/c1-2-18-14(17)13(19-10-15)12(16)9-8-11-6-4-3-5-7-11/h3-7H,2,8-9,16H2,1H3/b13-12+. The number of esters is 1. The highest BCUT2D eigenvalue weighted by Crippen LogP contribution is 2.21. The Morgan fingerprint density at radius 2 is 2.11 bits per heavy atom. The van der Waals surface area contributed by atoms with Crippen LogP contribution in [0.5, 0.6) is 0 Å². The van der Waals surface area contributed by atoms with Crippen LogP contribution in [0, 0.1) is 10.7 Å². The molecule has 1 aromatic carbocycles. The Hall–Kier alpha value is -1.93. The smallest absolute Gasteiger partial charge is 0.347 e. The minimum atomic E-state index is -0.528. The first kappa shape index (κ1) is 15.1. The van der Waals surface area contributed by atoms with Crippen molar-refractivity contribution in [3.05, 3.63) is 46.5 Å². The zero-order chi connectivity index (χ0) is 14.1. The normalized spacial score (nSPS) is 11.4. The van der Waals surface area contributed by atoms with Crippen LogP contribution in [0.15, 0.2) is 40.9 Å². The lowest BCUT2D eigenvalue weighted by atomic mass is 10.1. The van der Waals surface area contributed by atoms with E-state index in [9.17, 15) is 4.79 Å². The molecule has 0 bridgehead atoms. The molecule has 0 fully saturated rings. The lowest BCUT2D eigenvalue weighted by Gasteiger charge is -2.08. The van der Waals surface area contributed by atoms with Crippen LogP contribution in [-0.4, -0.2) is 12.6 Å². The number of hydrogen-bond donors (Lipinski definition) is 1. The van der Waals surface area contributed by atoms with Crippen molar-refractivity contribution in [1.82, 2.24) is 0 Å². The van der Waals surface area contributed by atoms with Crippen LogP contribution >= 0.6 is 11.8 Å². The first-order chi connectivity index (χ1) is 9.19. The number of nitriles is 1. The summed E-state index contributed by atoms with van der Waals surface area (Å²) in [5, 5.41) is 10.6. The highest BCUT2D eigenvalue weighted by atomic mass is 32.2. The van der Waals surface area contributed by atoms with Crippen molar-refractivity contribution in [3.63, 3.8) is 0 Å². The molecule has 1 aromatic rings. The molecule has 2 N–H and O–H groups in total. The number of carbonyl (C=O) groups excluding carboxylic acids is 1. The number of benzene rings is 1. The molecule has 100 valence electrons. The van der Waals surface area contributed by atoms with Gasteiger partial charge in [-0.05, 0) is 37.1 Å². The summed E-state index contributed by atoms with van der Waals surface area (Å²) >= 11 is 0.753. The van der Waals surface area contributed by atoms with Crippen LogP contribution in [0.3, 0.4) is 0 Å². The topological polar surface area (TPSA) is 76.1 Å². The number of carbonyl (C=O) groups is 1. The van der Waals surface area contributed by atoms with E-state index >= 15 is 0 Å². The van der Waals surface area contributed by atoms with Crippen LogP contribution in [0.4, 0.5) is 0 Å². The molecule has 0 heterocycles. The van der Waals surface area contributed by atoms with Gasteiger partial charge in [-0.25, -0.2) is 4.79 Å². The first-order valence-corrected chi connectivity index (χ1v) is 6.76. The van der Waals surface area contributed by atoms with Gasteiger partial charge in [0.05, 0.1) is 6.61 Å². The predicted octanol–water partition coefficient (Wildman–Crippen LogP) is 2.57. The third kappa shape index (κ3) is 5.06. The largest absolute Gasteiger partial charge is 0.462 e. The second kappa shape index (κ2) is 8.22. The number of nitrogens with two attached hydrogens (primary N) is 1. The zero-order valence-electron chi connectivity index (χ0n) is 10.8. The van der Waals surface area contributed by atoms with Gasteiger partial charge in [0.1, 0.15) is 10.3 Å². The van der Waals surface area contributed by atoms with Gasteiger partial charge in [0.25, 0.3) is 0 Å². The van der Waals surface area contributed by atoms with Crippen LogP contribution in [0.25, 0.3) is 0 Å². The lowest BCUT2D eigenvalue weighted by Crippen LogP contribution is -2.12. The molecule has 0 radical (unpaired) electrons. The Bertz CT molecular complexity index is 492. The fraction of sp³-hybridized carbons (Fsp3) is 0.286. The molecule has 0 aliphatic heterocycles. The molecule has 0 amide bonds. The van der Waals surface area contributed by atoms with Gasteiger partial charge >= 0.3 is 5.97 Å². The van der Waals surface area contributed by atoms with Gasteiger partial charge in [0.15, 0.2) is 0 Å². The highest BCUT2D eigenvalue weighted by molar-refractivity contribution is 8.08. The number of ether oxygens (including phenoxy) is 1. The molecule has 0 aliphatic rings. The van der Waals surface area contributed by atoms with Crippen molar-refractivity contribution in [3.8, 4) is 5.40 Å². The summed E-state index contributed by atoms with van der Waals surface area (Å²) in [6.45, 7) is 1.98. The van der Waals surface area contributed by atoms with Crippen molar-refractivity contribution in [1.29, 1.82) is 5.26 Å². The number of rotatable bonds is 6. The van der Waals surface area contributed by atoms with Crippen molar-refractivity contribution in [2.24, 2.45) is 5.73 Å². The summed E-state index contributed by atoms with van der Waals surface area (Å²) in [4.78, 5) is 11.8. The van der Waals surface area contributed by atoms with Crippen LogP contribution in [0.2, 0.25) is 0 Å². The monoisotopic (exact) mass is 276 g/mol. The predicted molar refractivity (Wildman–Crippen MR) is 75.8 cm³/mol. The maximum absolute atomic E-state index is 11.7. The molecule has 4 nitrogen and oxygen atoms in total. The van der Waals surface area contributed by atoms with E-state index in [4.69, 9.17) is 15.7 Å². The fourth-order valence-electron chi connectivity index (χ4n) is 1.52. The van der Waals surface area contributed by atoms with Crippen molar-refractivity contribution < 1.29 is 9.53 Å². The Labute approximate surface area is 117 Å². The minimum Gasteiger partial charge on any atom is -0.462 e. The molecule has 0 atom stereocenters. The Kier molecular flexibility index (Phi) is 6.55. The number of thiocyanates is 1. The third-order valence-electron chi connectivity index (χ3n) is 2.43. The van der Waals surface area contributed by atoms with Gasteiger partial charge < -0.3 is 10.5 Å². The number of thioether (sulfide) groups is 1. The van der Waals surface area contributed by atoms with Gasteiger partial charge in [-0.3, -0.25) is 0 Å². The van der Waals surface area contributed by atoms with E-state index in [1.807, 2.05) is 35.7 Å². The molecule has 19 heavy (non-hydrogen) atoms. The average molecular weight is 276 g/mol. The maximum atomic E-state index is 11.7. The zero-order valence-corrected chi connectivity index (χ0v) is 11.6. The van der Waals surface area contributed by atoms with E-state index in [0.29, 0.717) is 12.1 Å². The first-order valence-electron chi connectivity index (χ1n) is 5.94. The van der Waals surface area contributed by atoms with Crippen molar-refractivity contribution in [2.75, 3.05) is 6.61 Å². The van der Waals surface area contributed by atoms with Crippen LogP contribution < -0.4 is 5.73 Å². The molecule has 0 spiro atoms. The molecule has 0 aliphatic carbocycles. The van der Waals surface area contributed by atoms with E-state index in [0.717, 1.165) is 23.7 Å². The van der Waals surface area contributed by atoms with E-state index in [2.05, 4.69) is 0 Å². The van der Waals surface area contributed by atoms with Gasteiger partial charge in [-0.2, -0.15) is 5.26 Å². The molecule has 0 aromatic heterocycles. The summed E-state index contributed by atoms with van der Waals surface area (Å²) < 4.78 is 4.88. The molecular weight excluding hydrogens is 260 g/mol. The second-order valence-electron chi connectivity index (χ2n) is 3.75. The number of hydrogen-bond acceptors (Lipinski definition) is 5. The summed E-state index contributed by atoms with van der Waals surface area (Å²) in [6, 6.07) is 9.83.